The van der Waals surface area contributed by atoms with Crippen LogP contribution in [0.2, 0.25) is 0 Å². The number of nitrogens with one attached hydrogen (secondary N) is 1. The molecule has 0 aliphatic carbocycles. The summed E-state index contributed by atoms with van der Waals surface area (Å²) >= 11 is 0. The lowest BCUT2D eigenvalue weighted by Crippen LogP contribution is -2.52. The van der Waals surface area contributed by atoms with E-state index >= 15 is 0 Å². The Hall–Kier alpha value is -4.12. The molecule has 0 radical (unpaired) electrons. The predicted octanol–water partition coefficient (Wildman–Crippen LogP) is 3.96. The highest BCUT2D eigenvalue weighted by molar-refractivity contribution is 6.04. The summed E-state index contributed by atoms with van der Waals surface area (Å²) in [5.41, 5.74) is -0.291. The van der Waals surface area contributed by atoms with Crippen LogP contribution in [0.3, 0.4) is 0 Å². The maximum Gasteiger partial charge on any atom is 0.416 e. The minimum atomic E-state index is -4.70. The molecule has 1 N–H and O–H groups in total. The molecule has 1 fully saturated rings. The van der Waals surface area contributed by atoms with E-state index in [1.807, 2.05) is 0 Å². The van der Waals surface area contributed by atoms with Crippen molar-refractivity contribution in [1.82, 2.24) is 24.9 Å². The van der Waals surface area contributed by atoms with Crippen LogP contribution < -0.4 is 5.32 Å². The highest BCUT2D eigenvalue weighted by Gasteiger charge is 2.49. The number of likely N-dealkylation sites (N-methyl/N-ethyl adjacent to an activating group) is 1. The second-order valence-electron chi connectivity index (χ2n) is 10.2. The summed E-state index contributed by atoms with van der Waals surface area (Å²) in [4.78, 5) is 48.2. The van der Waals surface area contributed by atoms with Gasteiger partial charge in [-0.1, -0.05) is 61.5 Å². The third-order valence-electron chi connectivity index (χ3n) is 7.93. The van der Waals surface area contributed by atoms with Crippen molar-refractivity contribution in [1.29, 1.82) is 0 Å². The molecule has 3 aliphatic rings. The van der Waals surface area contributed by atoms with Crippen LogP contribution >= 0.6 is 0 Å². The topological polar surface area (TPSA) is 76.2 Å². The highest BCUT2D eigenvalue weighted by atomic mass is 19.4. The van der Waals surface area contributed by atoms with Gasteiger partial charge in [-0.25, -0.2) is 4.79 Å². The van der Waals surface area contributed by atoms with Gasteiger partial charge in [0.1, 0.15) is 6.04 Å². The van der Waals surface area contributed by atoms with Gasteiger partial charge in [0.05, 0.1) is 29.4 Å². The van der Waals surface area contributed by atoms with Gasteiger partial charge in [0, 0.05) is 32.7 Å². The number of hydrogen-bond donors (Lipinski definition) is 1. The van der Waals surface area contributed by atoms with Crippen molar-refractivity contribution < 1.29 is 27.6 Å². The molecule has 3 heterocycles. The Morgan fingerprint density at radius 1 is 1.05 bits per heavy atom. The summed E-state index contributed by atoms with van der Waals surface area (Å²) in [7, 11) is 0. The molecule has 2 aromatic carbocycles. The van der Waals surface area contributed by atoms with Crippen LogP contribution in [0.5, 0.6) is 0 Å². The van der Waals surface area contributed by atoms with E-state index in [4.69, 9.17) is 0 Å². The first-order valence-electron chi connectivity index (χ1n) is 13.6. The van der Waals surface area contributed by atoms with Gasteiger partial charge in [-0.2, -0.15) is 13.2 Å². The molecule has 4 amide bonds. The number of carbonyl (C=O) groups excluding carboxylic acids is 3. The van der Waals surface area contributed by atoms with Crippen molar-refractivity contribution in [2.75, 3.05) is 45.8 Å². The van der Waals surface area contributed by atoms with Crippen molar-refractivity contribution in [2.24, 2.45) is 0 Å². The lowest BCUT2D eigenvalue weighted by molar-refractivity contribution is -0.144. The zero-order valence-electron chi connectivity index (χ0n) is 22.7. The van der Waals surface area contributed by atoms with Crippen molar-refractivity contribution in [3.8, 4) is 0 Å². The predicted molar refractivity (Wildman–Crippen MR) is 146 cm³/mol. The van der Waals surface area contributed by atoms with E-state index in [2.05, 4.69) is 23.7 Å². The quantitative estimate of drug-likeness (QED) is 0.514. The van der Waals surface area contributed by atoms with Crippen LogP contribution in [-0.2, 0) is 15.8 Å². The van der Waals surface area contributed by atoms with E-state index < -0.39 is 35.8 Å². The Morgan fingerprint density at radius 2 is 1.71 bits per heavy atom. The maximum absolute atomic E-state index is 14.2. The third kappa shape index (κ3) is 5.33. The maximum atomic E-state index is 14.2. The fourth-order valence-corrected chi connectivity index (χ4v) is 5.83. The van der Waals surface area contributed by atoms with Gasteiger partial charge in [0.2, 0.25) is 5.91 Å². The van der Waals surface area contributed by atoms with Gasteiger partial charge >= 0.3 is 12.2 Å². The number of nitrogens with zero attached hydrogens (tertiary/aromatic N) is 4. The monoisotopic (exact) mass is 567 g/mol. The van der Waals surface area contributed by atoms with Gasteiger partial charge in [-0.15, -0.1) is 6.58 Å². The number of benzene rings is 2. The first-order chi connectivity index (χ1) is 19.7. The zero-order valence-corrected chi connectivity index (χ0v) is 22.7. The number of urea groups is 1. The molecule has 0 spiro atoms. The molecule has 0 aromatic heterocycles. The van der Waals surface area contributed by atoms with Crippen molar-refractivity contribution in [2.45, 2.75) is 25.2 Å². The second-order valence-corrected chi connectivity index (χ2v) is 10.2. The smallest absolute Gasteiger partial charge is 0.338 e. The van der Waals surface area contributed by atoms with Gasteiger partial charge in [0.15, 0.2) is 0 Å². The van der Waals surface area contributed by atoms with E-state index in [0.717, 1.165) is 12.6 Å². The summed E-state index contributed by atoms with van der Waals surface area (Å²) in [6, 6.07) is 10.8. The molecule has 41 heavy (non-hydrogen) atoms. The molecule has 2 aromatic rings. The SMILES string of the molecule is C=CCN1C(=O)N[C@@H](c2ccccc2C(F)(F)F)C2=C1CN([C@@H](C(=O)N1CCN(CC)CC1)c1ccccc1)C2=O. The van der Waals surface area contributed by atoms with Gasteiger partial charge < -0.3 is 20.0 Å². The van der Waals surface area contributed by atoms with Gasteiger partial charge in [-0.3, -0.25) is 14.5 Å². The fourth-order valence-electron chi connectivity index (χ4n) is 5.83. The van der Waals surface area contributed by atoms with Crippen LogP contribution in [0, 0.1) is 0 Å². The molecule has 0 bridgehead atoms. The normalized spacial score (nSPS) is 20.7. The van der Waals surface area contributed by atoms with E-state index in [1.165, 1.54) is 34.1 Å². The first kappa shape index (κ1) is 28.4. The average molecular weight is 568 g/mol. The van der Waals surface area contributed by atoms with E-state index in [-0.39, 0.29) is 35.8 Å². The summed E-state index contributed by atoms with van der Waals surface area (Å²) in [6.07, 6.45) is -3.22. The van der Waals surface area contributed by atoms with Crippen LogP contribution in [0.25, 0.3) is 0 Å². The van der Waals surface area contributed by atoms with Crippen LogP contribution in [-0.4, -0.2) is 83.3 Å². The molecule has 0 unspecified atom stereocenters. The van der Waals surface area contributed by atoms with Crippen LogP contribution in [0.4, 0.5) is 18.0 Å². The Morgan fingerprint density at radius 3 is 2.34 bits per heavy atom. The molecule has 1 saturated heterocycles. The molecule has 8 nitrogen and oxygen atoms in total. The summed E-state index contributed by atoms with van der Waals surface area (Å²) in [5, 5.41) is 2.62. The number of piperazine rings is 1. The lowest BCUT2D eigenvalue weighted by Gasteiger charge is -2.38. The summed E-state index contributed by atoms with van der Waals surface area (Å²) in [5.74, 6) is -0.854. The van der Waals surface area contributed by atoms with E-state index in [0.29, 0.717) is 31.7 Å². The molecule has 3 aliphatic heterocycles. The highest BCUT2D eigenvalue weighted by Crippen LogP contribution is 2.43. The number of rotatable bonds is 7. The largest absolute Gasteiger partial charge is 0.416 e. The Balaban J connectivity index is 1.57. The number of halogens is 3. The second kappa shape index (κ2) is 11.4. The van der Waals surface area contributed by atoms with E-state index in [9.17, 15) is 27.6 Å². The first-order valence-corrected chi connectivity index (χ1v) is 13.6. The Bertz CT molecular complexity index is 1370. The molecular formula is C30H32F3N5O3. The number of hydrogen-bond acceptors (Lipinski definition) is 4. The molecule has 5 rings (SSSR count). The van der Waals surface area contributed by atoms with Gasteiger partial charge in [-0.05, 0) is 23.7 Å². The lowest BCUT2D eigenvalue weighted by atomic mass is 9.91. The number of alkyl halides is 3. The fraction of sp³-hybridized carbons (Fsp3) is 0.367. The minimum absolute atomic E-state index is 0.0210. The van der Waals surface area contributed by atoms with Crippen LogP contribution in [0.15, 0.2) is 78.5 Å². The van der Waals surface area contributed by atoms with Gasteiger partial charge in [0.25, 0.3) is 5.91 Å². The summed E-state index contributed by atoms with van der Waals surface area (Å²) in [6.45, 7) is 8.95. The molecule has 11 heteroatoms. The van der Waals surface area contributed by atoms with Crippen molar-refractivity contribution in [3.63, 3.8) is 0 Å². The standard InChI is InChI=1S/C30H32F3N5O3/c1-3-14-37-23-19-38(26(20-10-6-5-7-11-20)28(40)36-17-15-35(4-2)16-18-36)27(39)24(23)25(34-29(37)41)21-12-8-9-13-22(21)30(31,32)33/h3,5-13,25-26H,1,4,14-19H2,2H3,(H,34,41)/t25-,26+/m0/s1. The number of carbonyl (C=O) groups is 3. The average Bonchev–Trinajstić information content (AvgIpc) is 3.31. The number of amides is 4. The molecular weight excluding hydrogens is 535 g/mol. The Kier molecular flexibility index (Phi) is 7.90. The molecule has 0 saturated carbocycles. The Labute approximate surface area is 236 Å². The van der Waals surface area contributed by atoms with Crippen molar-refractivity contribution in [3.05, 3.63) is 95.2 Å². The summed E-state index contributed by atoms with van der Waals surface area (Å²) < 4.78 is 42.1. The zero-order chi connectivity index (χ0) is 29.3. The van der Waals surface area contributed by atoms with E-state index in [1.54, 1.807) is 35.2 Å². The van der Waals surface area contributed by atoms with Crippen molar-refractivity contribution >= 4 is 17.8 Å². The molecule has 216 valence electrons. The minimum Gasteiger partial charge on any atom is -0.338 e. The third-order valence-corrected chi connectivity index (χ3v) is 7.93. The molecule has 2 atom stereocenters. The van der Waals surface area contributed by atoms with Crippen LogP contribution in [0.1, 0.15) is 35.7 Å².